The third-order valence-electron chi connectivity index (χ3n) is 4.59. The molecule has 20 heavy (non-hydrogen) atoms. The van der Waals surface area contributed by atoms with Crippen LogP contribution in [0, 0.1) is 28.5 Å². The summed E-state index contributed by atoms with van der Waals surface area (Å²) in [7, 11) is 1.44. The Hall–Kier alpha value is -1.60. The second kappa shape index (κ2) is 5.06. The van der Waals surface area contributed by atoms with Gasteiger partial charge in [-0.1, -0.05) is 13.0 Å². The van der Waals surface area contributed by atoms with Gasteiger partial charge in [0.25, 0.3) is 0 Å². The van der Waals surface area contributed by atoms with Crippen molar-refractivity contribution in [1.29, 1.82) is 5.26 Å². The zero-order chi connectivity index (χ0) is 15.0. The molecule has 0 radical (unpaired) electrons. The van der Waals surface area contributed by atoms with Gasteiger partial charge < -0.3 is 9.84 Å². The molecular weight excluding hydrogens is 257 g/mol. The summed E-state index contributed by atoms with van der Waals surface area (Å²) in [5, 5.41) is 20.6. The zero-order valence-corrected chi connectivity index (χ0v) is 12.1. The Balaban J connectivity index is 2.58. The molecule has 0 aromatic heterocycles. The summed E-state index contributed by atoms with van der Waals surface area (Å²) in [5.74, 6) is 0.0894. The molecule has 3 atom stereocenters. The summed E-state index contributed by atoms with van der Waals surface area (Å²) >= 11 is 0. The van der Waals surface area contributed by atoms with Crippen molar-refractivity contribution in [2.75, 3.05) is 7.11 Å². The molecule has 1 aliphatic carbocycles. The van der Waals surface area contributed by atoms with Crippen LogP contribution in [-0.4, -0.2) is 12.2 Å². The molecule has 3 nitrogen and oxygen atoms in total. The standard InChI is InChI=1S/C16H20FNO2/c1-11-7-8-16(9-11,10-18)15(2,19)14-12(17)5-4-6-13(14)20-3/h4-6,11,19H,7-9H2,1-3H3. The molecule has 3 unspecified atom stereocenters. The number of ether oxygens (including phenoxy) is 1. The van der Waals surface area contributed by atoms with Gasteiger partial charge in [-0.05, 0) is 44.2 Å². The van der Waals surface area contributed by atoms with E-state index in [9.17, 15) is 14.8 Å². The van der Waals surface area contributed by atoms with Gasteiger partial charge >= 0.3 is 0 Å². The lowest BCUT2D eigenvalue weighted by Gasteiger charge is -2.38. The molecule has 1 N–H and O–H groups in total. The number of aliphatic hydroxyl groups is 1. The first-order valence-electron chi connectivity index (χ1n) is 6.84. The maximum absolute atomic E-state index is 14.2. The van der Waals surface area contributed by atoms with Gasteiger partial charge in [0.2, 0.25) is 0 Å². The summed E-state index contributed by atoms with van der Waals surface area (Å²) in [6.45, 7) is 3.57. The molecular formula is C16H20FNO2. The van der Waals surface area contributed by atoms with E-state index >= 15 is 0 Å². The third-order valence-corrected chi connectivity index (χ3v) is 4.59. The SMILES string of the molecule is COc1cccc(F)c1C(C)(O)C1(C#N)CCC(C)C1. The Morgan fingerprint density at radius 1 is 1.55 bits per heavy atom. The number of hydrogen-bond acceptors (Lipinski definition) is 3. The van der Waals surface area contributed by atoms with E-state index in [1.54, 1.807) is 6.07 Å². The van der Waals surface area contributed by atoms with E-state index in [0.717, 1.165) is 6.42 Å². The molecule has 1 aliphatic rings. The van der Waals surface area contributed by atoms with Gasteiger partial charge in [0.1, 0.15) is 17.2 Å². The van der Waals surface area contributed by atoms with Crippen LogP contribution in [0.5, 0.6) is 5.75 Å². The Kier molecular flexibility index (Phi) is 3.75. The van der Waals surface area contributed by atoms with Crippen LogP contribution < -0.4 is 4.74 Å². The van der Waals surface area contributed by atoms with Crippen LogP contribution in [0.25, 0.3) is 0 Å². The summed E-state index contributed by atoms with van der Waals surface area (Å²) in [4.78, 5) is 0. The molecule has 4 heteroatoms. The van der Waals surface area contributed by atoms with Crippen molar-refractivity contribution < 1.29 is 14.2 Å². The van der Waals surface area contributed by atoms with Crippen LogP contribution in [0.1, 0.15) is 38.7 Å². The van der Waals surface area contributed by atoms with Gasteiger partial charge in [0.05, 0.1) is 24.2 Å². The normalized spacial score (nSPS) is 28.7. The Labute approximate surface area is 119 Å². The second-order valence-corrected chi connectivity index (χ2v) is 5.93. The molecule has 1 aromatic rings. The summed E-state index contributed by atoms with van der Waals surface area (Å²) in [5.41, 5.74) is -2.47. The van der Waals surface area contributed by atoms with Crippen molar-refractivity contribution in [3.8, 4) is 11.8 Å². The quantitative estimate of drug-likeness (QED) is 0.921. The van der Waals surface area contributed by atoms with Gasteiger partial charge in [0.15, 0.2) is 0 Å². The molecule has 1 aromatic carbocycles. The predicted molar refractivity (Wildman–Crippen MR) is 73.6 cm³/mol. The first-order chi connectivity index (χ1) is 9.38. The first-order valence-corrected chi connectivity index (χ1v) is 6.84. The number of hydrogen-bond donors (Lipinski definition) is 1. The molecule has 2 rings (SSSR count). The highest BCUT2D eigenvalue weighted by Gasteiger charge is 2.54. The molecule has 0 amide bonds. The summed E-state index contributed by atoms with van der Waals surface area (Å²) < 4.78 is 19.4. The van der Waals surface area contributed by atoms with Crippen molar-refractivity contribution in [3.63, 3.8) is 0 Å². The average Bonchev–Trinajstić information content (AvgIpc) is 2.81. The highest BCUT2D eigenvalue weighted by molar-refractivity contribution is 5.42. The fourth-order valence-electron chi connectivity index (χ4n) is 3.33. The fraction of sp³-hybridized carbons (Fsp3) is 0.562. The topological polar surface area (TPSA) is 53.2 Å². The van der Waals surface area contributed by atoms with Crippen LogP contribution in [0.3, 0.4) is 0 Å². The molecule has 0 aliphatic heterocycles. The van der Waals surface area contributed by atoms with Gasteiger partial charge in [-0.15, -0.1) is 0 Å². The monoisotopic (exact) mass is 277 g/mol. The van der Waals surface area contributed by atoms with Crippen LogP contribution in [0.2, 0.25) is 0 Å². The zero-order valence-electron chi connectivity index (χ0n) is 12.1. The van der Waals surface area contributed by atoms with E-state index in [1.807, 2.05) is 6.92 Å². The Bertz CT molecular complexity index is 550. The van der Waals surface area contributed by atoms with E-state index in [2.05, 4.69) is 6.07 Å². The Morgan fingerprint density at radius 3 is 2.75 bits per heavy atom. The smallest absolute Gasteiger partial charge is 0.133 e. The minimum atomic E-state index is -1.58. The van der Waals surface area contributed by atoms with Crippen molar-refractivity contribution >= 4 is 0 Å². The van der Waals surface area contributed by atoms with Crippen molar-refractivity contribution in [3.05, 3.63) is 29.6 Å². The van der Waals surface area contributed by atoms with Crippen molar-refractivity contribution in [2.45, 2.75) is 38.7 Å². The summed E-state index contributed by atoms with van der Waals surface area (Å²) in [6.07, 6.45) is 1.99. The van der Waals surface area contributed by atoms with E-state index in [4.69, 9.17) is 4.74 Å². The molecule has 1 saturated carbocycles. The van der Waals surface area contributed by atoms with E-state index in [-0.39, 0.29) is 11.3 Å². The average molecular weight is 277 g/mol. The van der Waals surface area contributed by atoms with Gasteiger partial charge in [-0.25, -0.2) is 4.39 Å². The number of halogens is 1. The third kappa shape index (κ3) is 2.06. The minimum absolute atomic E-state index is 0.0816. The van der Waals surface area contributed by atoms with Gasteiger partial charge in [-0.3, -0.25) is 0 Å². The maximum Gasteiger partial charge on any atom is 0.133 e. The van der Waals surface area contributed by atoms with Crippen molar-refractivity contribution in [2.24, 2.45) is 11.3 Å². The minimum Gasteiger partial charge on any atom is -0.496 e. The number of rotatable bonds is 3. The predicted octanol–water partition coefficient (Wildman–Crippen LogP) is 3.37. The van der Waals surface area contributed by atoms with Gasteiger partial charge in [0, 0.05) is 0 Å². The Morgan fingerprint density at radius 2 is 2.25 bits per heavy atom. The van der Waals surface area contributed by atoms with E-state index < -0.39 is 16.8 Å². The highest BCUT2D eigenvalue weighted by Crippen LogP contribution is 2.54. The van der Waals surface area contributed by atoms with Crippen LogP contribution >= 0.6 is 0 Å². The van der Waals surface area contributed by atoms with Crippen LogP contribution in [0.4, 0.5) is 4.39 Å². The largest absolute Gasteiger partial charge is 0.496 e. The van der Waals surface area contributed by atoms with Crippen molar-refractivity contribution in [1.82, 2.24) is 0 Å². The molecule has 108 valence electrons. The number of nitriles is 1. The lowest BCUT2D eigenvalue weighted by atomic mass is 9.68. The number of nitrogens with zero attached hydrogens (tertiary/aromatic N) is 1. The first kappa shape index (κ1) is 14.8. The fourth-order valence-corrected chi connectivity index (χ4v) is 3.33. The molecule has 0 saturated heterocycles. The lowest BCUT2D eigenvalue weighted by molar-refractivity contribution is -0.0481. The van der Waals surface area contributed by atoms with E-state index in [0.29, 0.717) is 18.8 Å². The van der Waals surface area contributed by atoms with Gasteiger partial charge in [-0.2, -0.15) is 5.26 Å². The maximum atomic E-state index is 14.2. The summed E-state index contributed by atoms with van der Waals surface area (Å²) in [6, 6.07) is 6.68. The van der Waals surface area contributed by atoms with E-state index in [1.165, 1.54) is 26.2 Å². The molecule has 0 heterocycles. The van der Waals surface area contributed by atoms with Crippen LogP contribution in [0.15, 0.2) is 18.2 Å². The highest BCUT2D eigenvalue weighted by atomic mass is 19.1. The second-order valence-electron chi connectivity index (χ2n) is 5.93. The lowest BCUT2D eigenvalue weighted by Crippen LogP contribution is -2.42. The number of benzene rings is 1. The molecule has 1 fully saturated rings. The molecule has 0 spiro atoms. The molecule has 0 bridgehead atoms. The number of methoxy groups -OCH3 is 1. The van der Waals surface area contributed by atoms with Crippen LogP contribution in [-0.2, 0) is 5.60 Å².